The number of sulfonamides is 1. The van der Waals surface area contributed by atoms with Gasteiger partial charge in [-0.25, -0.2) is 13.4 Å². The molecule has 112 valence electrons. The predicted octanol–water partition coefficient (Wildman–Crippen LogP) is 2.17. The highest BCUT2D eigenvalue weighted by atomic mass is 32.2. The maximum atomic E-state index is 12.3. The smallest absolute Gasteiger partial charge is 0.262 e. The second-order valence-electron chi connectivity index (χ2n) is 4.50. The van der Waals surface area contributed by atoms with Crippen molar-refractivity contribution in [2.45, 2.75) is 18.7 Å². The van der Waals surface area contributed by atoms with Crippen molar-refractivity contribution >= 4 is 21.4 Å². The van der Waals surface area contributed by atoms with E-state index in [1.807, 2.05) is 6.92 Å². The van der Waals surface area contributed by atoms with E-state index in [4.69, 9.17) is 10.5 Å². The highest BCUT2D eigenvalue weighted by Gasteiger charge is 2.15. The van der Waals surface area contributed by atoms with Crippen molar-refractivity contribution in [2.24, 2.45) is 0 Å². The van der Waals surface area contributed by atoms with Gasteiger partial charge in [0.05, 0.1) is 23.4 Å². The number of rotatable bonds is 5. The van der Waals surface area contributed by atoms with Gasteiger partial charge in [-0.05, 0) is 43.7 Å². The van der Waals surface area contributed by atoms with Crippen LogP contribution in [-0.4, -0.2) is 20.0 Å². The number of hydrogen-bond donors (Lipinski definition) is 2. The van der Waals surface area contributed by atoms with E-state index in [1.54, 1.807) is 31.2 Å². The summed E-state index contributed by atoms with van der Waals surface area (Å²) < 4.78 is 32.2. The molecule has 0 saturated carbocycles. The first-order valence-electron chi connectivity index (χ1n) is 6.39. The van der Waals surface area contributed by atoms with E-state index in [0.717, 1.165) is 5.56 Å². The number of hydrogen-bond acceptors (Lipinski definition) is 5. The molecule has 0 unspecified atom stereocenters. The van der Waals surface area contributed by atoms with Gasteiger partial charge in [0.2, 0.25) is 5.88 Å². The Kier molecular flexibility index (Phi) is 4.32. The normalized spacial score (nSPS) is 11.1. The van der Waals surface area contributed by atoms with Crippen LogP contribution >= 0.6 is 0 Å². The van der Waals surface area contributed by atoms with Crippen molar-refractivity contribution in [1.82, 2.24) is 4.98 Å². The quantitative estimate of drug-likeness (QED) is 0.826. The zero-order chi connectivity index (χ0) is 15.5. The molecule has 1 aromatic heterocycles. The molecule has 2 aromatic rings. The molecule has 0 atom stereocenters. The average Bonchev–Trinajstić information content (AvgIpc) is 2.40. The Labute approximate surface area is 124 Å². The lowest BCUT2D eigenvalue weighted by Gasteiger charge is -2.10. The molecule has 0 aliphatic carbocycles. The Morgan fingerprint density at radius 1 is 1.29 bits per heavy atom. The van der Waals surface area contributed by atoms with Crippen LogP contribution in [0.5, 0.6) is 5.88 Å². The summed E-state index contributed by atoms with van der Waals surface area (Å²) in [6.45, 7) is 4.13. The summed E-state index contributed by atoms with van der Waals surface area (Å²) in [5, 5.41) is 0. The fourth-order valence-corrected chi connectivity index (χ4v) is 3.00. The van der Waals surface area contributed by atoms with Crippen molar-refractivity contribution in [1.29, 1.82) is 0 Å². The second-order valence-corrected chi connectivity index (χ2v) is 6.19. The molecule has 0 aliphatic heterocycles. The molecule has 0 amide bonds. The maximum absolute atomic E-state index is 12.3. The third-order valence-electron chi connectivity index (χ3n) is 2.66. The first-order chi connectivity index (χ1) is 9.90. The standard InChI is InChI=1S/C14H17N3O3S/c1-3-20-14-5-4-12(9-16-14)17-21(18,19)13-7-10(2)6-11(15)8-13/h4-9,17H,3,15H2,1-2H3. The van der Waals surface area contributed by atoms with E-state index in [0.29, 0.717) is 23.9 Å². The van der Waals surface area contributed by atoms with Crippen LogP contribution in [0.15, 0.2) is 41.4 Å². The van der Waals surface area contributed by atoms with Crippen LogP contribution in [0.2, 0.25) is 0 Å². The third kappa shape index (κ3) is 3.85. The molecule has 1 aromatic carbocycles. The number of nitrogens with two attached hydrogens (primary N) is 1. The highest BCUT2D eigenvalue weighted by Crippen LogP contribution is 2.20. The van der Waals surface area contributed by atoms with Gasteiger partial charge in [0.25, 0.3) is 10.0 Å². The molecule has 0 fully saturated rings. The van der Waals surface area contributed by atoms with E-state index in [9.17, 15) is 8.42 Å². The molecule has 3 N–H and O–H groups in total. The number of nitrogen functional groups attached to an aromatic ring is 1. The molecular weight excluding hydrogens is 290 g/mol. The highest BCUT2D eigenvalue weighted by molar-refractivity contribution is 7.92. The van der Waals surface area contributed by atoms with Crippen molar-refractivity contribution in [3.8, 4) is 5.88 Å². The van der Waals surface area contributed by atoms with E-state index >= 15 is 0 Å². The van der Waals surface area contributed by atoms with Crippen molar-refractivity contribution < 1.29 is 13.2 Å². The SMILES string of the molecule is CCOc1ccc(NS(=O)(=O)c2cc(C)cc(N)c2)cn1. The predicted molar refractivity (Wildman–Crippen MR) is 81.8 cm³/mol. The Morgan fingerprint density at radius 3 is 2.62 bits per heavy atom. The number of aromatic nitrogens is 1. The van der Waals surface area contributed by atoms with E-state index in [-0.39, 0.29) is 4.90 Å². The number of aryl methyl sites for hydroxylation is 1. The number of nitrogens with zero attached hydrogens (tertiary/aromatic N) is 1. The van der Waals surface area contributed by atoms with E-state index in [2.05, 4.69) is 9.71 Å². The van der Waals surface area contributed by atoms with Gasteiger partial charge in [0, 0.05) is 11.8 Å². The second kappa shape index (κ2) is 6.01. The van der Waals surface area contributed by atoms with Crippen LogP contribution in [-0.2, 0) is 10.0 Å². The fourth-order valence-electron chi connectivity index (χ4n) is 1.82. The Bertz CT molecular complexity index is 707. The first kappa shape index (κ1) is 15.1. The molecular formula is C14H17N3O3S. The Balaban J connectivity index is 2.24. The number of anilines is 2. The van der Waals surface area contributed by atoms with Crippen LogP contribution in [0.4, 0.5) is 11.4 Å². The maximum Gasteiger partial charge on any atom is 0.262 e. The minimum Gasteiger partial charge on any atom is -0.478 e. The molecule has 2 rings (SSSR count). The summed E-state index contributed by atoms with van der Waals surface area (Å²) in [4.78, 5) is 4.13. The molecule has 0 aliphatic rings. The minimum atomic E-state index is -3.69. The van der Waals surface area contributed by atoms with Crippen LogP contribution in [0, 0.1) is 6.92 Å². The molecule has 1 heterocycles. The summed E-state index contributed by atoms with van der Waals surface area (Å²) in [6.07, 6.45) is 1.40. The zero-order valence-corrected chi connectivity index (χ0v) is 12.6. The lowest BCUT2D eigenvalue weighted by molar-refractivity contribution is 0.327. The lowest BCUT2D eigenvalue weighted by Crippen LogP contribution is -2.13. The molecule has 6 nitrogen and oxygen atoms in total. The third-order valence-corrected chi connectivity index (χ3v) is 4.03. The van der Waals surface area contributed by atoms with Crippen molar-refractivity contribution in [2.75, 3.05) is 17.1 Å². The van der Waals surface area contributed by atoms with Crippen molar-refractivity contribution in [3.05, 3.63) is 42.1 Å². The molecule has 21 heavy (non-hydrogen) atoms. The van der Waals surface area contributed by atoms with Gasteiger partial charge in [0.15, 0.2) is 0 Å². The average molecular weight is 307 g/mol. The van der Waals surface area contributed by atoms with E-state index < -0.39 is 10.0 Å². The molecule has 0 radical (unpaired) electrons. The number of nitrogens with one attached hydrogen (secondary N) is 1. The molecule has 0 bridgehead atoms. The number of ether oxygens (including phenoxy) is 1. The number of pyridine rings is 1. The first-order valence-corrected chi connectivity index (χ1v) is 7.88. The minimum absolute atomic E-state index is 0.119. The van der Waals surface area contributed by atoms with Crippen LogP contribution in [0.3, 0.4) is 0 Å². The molecule has 0 saturated heterocycles. The lowest BCUT2D eigenvalue weighted by atomic mass is 10.2. The van der Waals surface area contributed by atoms with Gasteiger partial charge >= 0.3 is 0 Å². The summed E-state index contributed by atoms with van der Waals surface area (Å²) in [7, 11) is -3.69. The summed E-state index contributed by atoms with van der Waals surface area (Å²) >= 11 is 0. The summed E-state index contributed by atoms with van der Waals surface area (Å²) in [5.41, 5.74) is 7.22. The van der Waals surface area contributed by atoms with Gasteiger partial charge in [-0.2, -0.15) is 0 Å². The monoisotopic (exact) mass is 307 g/mol. The fraction of sp³-hybridized carbons (Fsp3) is 0.214. The van der Waals surface area contributed by atoms with Crippen molar-refractivity contribution in [3.63, 3.8) is 0 Å². The van der Waals surface area contributed by atoms with E-state index in [1.165, 1.54) is 12.3 Å². The number of benzene rings is 1. The topological polar surface area (TPSA) is 94.3 Å². The van der Waals surface area contributed by atoms with Gasteiger partial charge in [-0.15, -0.1) is 0 Å². The van der Waals surface area contributed by atoms with Gasteiger partial charge in [-0.3, -0.25) is 4.72 Å². The van der Waals surface area contributed by atoms with Gasteiger partial charge in [-0.1, -0.05) is 0 Å². The Hall–Kier alpha value is -2.28. The molecule has 7 heteroatoms. The Morgan fingerprint density at radius 2 is 2.05 bits per heavy atom. The zero-order valence-electron chi connectivity index (χ0n) is 11.8. The van der Waals surface area contributed by atoms with Crippen LogP contribution in [0.25, 0.3) is 0 Å². The summed E-state index contributed by atoms with van der Waals surface area (Å²) in [6, 6.07) is 7.87. The largest absolute Gasteiger partial charge is 0.478 e. The van der Waals surface area contributed by atoms with Gasteiger partial charge in [0.1, 0.15) is 0 Å². The van der Waals surface area contributed by atoms with Crippen LogP contribution < -0.4 is 15.2 Å². The van der Waals surface area contributed by atoms with Gasteiger partial charge < -0.3 is 10.5 Å². The van der Waals surface area contributed by atoms with Crippen LogP contribution in [0.1, 0.15) is 12.5 Å². The molecule has 0 spiro atoms. The summed E-state index contributed by atoms with van der Waals surface area (Å²) in [5.74, 6) is 0.445.